The number of methoxy groups -OCH3 is 1. The Balaban J connectivity index is 1.75. The summed E-state index contributed by atoms with van der Waals surface area (Å²) in [5, 5.41) is 4.48. The van der Waals surface area contributed by atoms with Gasteiger partial charge in [0.05, 0.1) is 26.3 Å². The topological polar surface area (TPSA) is 77.7 Å². The minimum atomic E-state index is -4.71. The number of ether oxygens (including phenoxy) is 1. The first-order valence-corrected chi connectivity index (χ1v) is 8.32. The number of halogens is 3. The predicted molar refractivity (Wildman–Crippen MR) is 94.6 cm³/mol. The lowest BCUT2D eigenvalue weighted by Gasteiger charge is -2.21. The molecule has 1 aromatic heterocycles. The summed E-state index contributed by atoms with van der Waals surface area (Å²) in [5.41, 5.74) is 1.35. The maximum atomic E-state index is 12.7. The maximum absolute atomic E-state index is 12.7. The van der Waals surface area contributed by atoms with E-state index in [9.17, 15) is 18.0 Å². The Morgan fingerprint density at radius 2 is 1.79 bits per heavy atom. The van der Waals surface area contributed by atoms with Gasteiger partial charge in [-0.3, -0.25) is 9.63 Å². The first-order valence-electron chi connectivity index (χ1n) is 8.32. The summed E-state index contributed by atoms with van der Waals surface area (Å²) in [6.45, 7) is 0.105. The van der Waals surface area contributed by atoms with Gasteiger partial charge < -0.3 is 9.26 Å². The molecule has 0 bridgehead atoms. The van der Waals surface area contributed by atoms with Gasteiger partial charge in [-0.25, -0.2) is 5.06 Å². The number of alkyl halides is 3. The van der Waals surface area contributed by atoms with Crippen LogP contribution in [0.5, 0.6) is 5.75 Å². The highest BCUT2D eigenvalue weighted by molar-refractivity contribution is 5.96. The van der Waals surface area contributed by atoms with Crippen molar-refractivity contribution in [1.82, 2.24) is 15.2 Å². The fourth-order valence-electron chi connectivity index (χ4n) is 2.56. The molecule has 0 aliphatic heterocycles. The molecule has 0 spiro atoms. The third kappa shape index (κ3) is 4.54. The molecule has 0 aliphatic carbocycles. The number of hydrogen-bond acceptors (Lipinski definition) is 6. The molecule has 0 aliphatic rings. The van der Waals surface area contributed by atoms with Gasteiger partial charge >= 0.3 is 12.1 Å². The van der Waals surface area contributed by atoms with E-state index < -0.39 is 18.0 Å². The second kappa shape index (κ2) is 8.31. The van der Waals surface area contributed by atoms with Crippen molar-refractivity contribution >= 4 is 5.91 Å². The zero-order valence-electron chi connectivity index (χ0n) is 15.4. The third-order valence-corrected chi connectivity index (χ3v) is 3.99. The first kappa shape index (κ1) is 20.3. The van der Waals surface area contributed by atoms with Crippen LogP contribution < -0.4 is 4.74 Å². The number of hydroxylamine groups is 2. The monoisotopic (exact) mass is 407 g/mol. The summed E-state index contributed by atoms with van der Waals surface area (Å²) in [6.07, 6.45) is -4.71. The van der Waals surface area contributed by atoms with Gasteiger partial charge in [0.15, 0.2) is 0 Å². The molecule has 0 saturated heterocycles. The molecule has 10 heteroatoms. The second-order valence-corrected chi connectivity index (χ2v) is 5.84. The van der Waals surface area contributed by atoms with Gasteiger partial charge in [-0.1, -0.05) is 41.6 Å². The van der Waals surface area contributed by atoms with Crippen molar-refractivity contribution in [2.24, 2.45) is 0 Å². The van der Waals surface area contributed by atoms with E-state index in [1.54, 1.807) is 36.4 Å². The van der Waals surface area contributed by atoms with Gasteiger partial charge in [0.25, 0.3) is 5.91 Å². The van der Waals surface area contributed by atoms with Crippen LogP contribution in [-0.4, -0.2) is 35.3 Å². The van der Waals surface area contributed by atoms with E-state index in [0.29, 0.717) is 22.4 Å². The van der Waals surface area contributed by atoms with Crippen molar-refractivity contribution in [3.05, 3.63) is 65.5 Å². The molecule has 1 heterocycles. The molecule has 2 aromatic carbocycles. The molecule has 0 saturated carbocycles. The van der Waals surface area contributed by atoms with E-state index in [0.717, 1.165) is 5.06 Å². The number of carbonyl (C=O) groups excluding carboxylic acids is 1. The van der Waals surface area contributed by atoms with Crippen LogP contribution in [-0.2, 0) is 17.6 Å². The summed E-state index contributed by atoms with van der Waals surface area (Å²) >= 11 is 0. The average Bonchev–Trinajstić information content (AvgIpc) is 3.23. The maximum Gasteiger partial charge on any atom is 0.471 e. The standard InChI is InChI=1S/C19H16F3N3O4/c1-27-15-6-4-3-5-14(15)17(26)25(28-2)11-12-7-9-13(10-8-12)16-23-18(29-24-16)19(20,21)22/h3-10H,11H2,1-2H3. The minimum Gasteiger partial charge on any atom is -0.496 e. The summed E-state index contributed by atoms with van der Waals surface area (Å²) < 4.78 is 47.2. The fraction of sp³-hybridized carbons (Fsp3) is 0.211. The van der Waals surface area contributed by atoms with Gasteiger partial charge in [-0.05, 0) is 17.7 Å². The van der Waals surface area contributed by atoms with Crippen molar-refractivity contribution in [1.29, 1.82) is 0 Å². The molecule has 3 rings (SSSR count). The van der Waals surface area contributed by atoms with Crippen molar-refractivity contribution < 1.29 is 32.1 Å². The minimum absolute atomic E-state index is 0.105. The number of hydrogen-bond donors (Lipinski definition) is 0. The Kier molecular flexibility index (Phi) is 5.83. The molecule has 0 fully saturated rings. The number of amides is 1. The highest BCUT2D eigenvalue weighted by atomic mass is 19.4. The zero-order valence-corrected chi connectivity index (χ0v) is 15.4. The second-order valence-electron chi connectivity index (χ2n) is 5.84. The van der Waals surface area contributed by atoms with Crippen LogP contribution in [0.1, 0.15) is 21.8 Å². The summed E-state index contributed by atoms with van der Waals surface area (Å²) in [4.78, 5) is 21.3. The van der Waals surface area contributed by atoms with Gasteiger partial charge in [0, 0.05) is 5.56 Å². The average molecular weight is 407 g/mol. The number of benzene rings is 2. The smallest absolute Gasteiger partial charge is 0.471 e. The number of aromatic nitrogens is 2. The predicted octanol–water partition coefficient (Wildman–Crippen LogP) is 3.97. The number of nitrogens with zero attached hydrogens (tertiary/aromatic N) is 3. The van der Waals surface area contributed by atoms with Crippen LogP contribution >= 0.6 is 0 Å². The van der Waals surface area contributed by atoms with E-state index >= 15 is 0 Å². The number of carbonyl (C=O) groups is 1. The molecule has 1 amide bonds. The summed E-state index contributed by atoms with van der Waals surface area (Å²) in [5.74, 6) is -1.59. The zero-order chi connectivity index (χ0) is 21.0. The first-order chi connectivity index (χ1) is 13.8. The van der Waals surface area contributed by atoms with Gasteiger partial charge in [0.2, 0.25) is 5.82 Å². The van der Waals surface area contributed by atoms with Crippen LogP contribution in [0.15, 0.2) is 53.1 Å². The molecule has 152 valence electrons. The van der Waals surface area contributed by atoms with E-state index in [2.05, 4.69) is 14.7 Å². The normalized spacial score (nSPS) is 11.3. The van der Waals surface area contributed by atoms with E-state index in [4.69, 9.17) is 9.57 Å². The van der Waals surface area contributed by atoms with Crippen LogP contribution in [0.4, 0.5) is 13.2 Å². The summed E-state index contributed by atoms with van der Waals surface area (Å²) in [6, 6.07) is 13.0. The van der Waals surface area contributed by atoms with Gasteiger partial charge in [0.1, 0.15) is 5.75 Å². The summed E-state index contributed by atoms with van der Waals surface area (Å²) in [7, 11) is 2.82. The number of rotatable bonds is 6. The molecule has 0 unspecified atom stereocenters. The van der Waals surface area contributed by atoms with E-state index in [-0.39, 0.29) is 12.4 Å². The Labute approximate surface area is 163 Å². The lowest BCUT2D eigenvalue weighted by molar-refractivity contribution is -0.159. The Hall–Kier alpha value is -3.40. The Morgan fingerprint density at radius 3 is 2.38 bits per heavy atom. The van der Waals surface area contributed by atoms with E-state index in [1.807, 2.05) is 0 Å². The molecule has 0 radical (unpaired) electrons. The molecule has 0 N–H and O–H groups in total. The van der Waals surface area contributed by atoms with Crippen molar-refractivity contribution in [2.45, 2.75) is 12.7 Å². The number of para-hydroxylation sites is 1. The highest BCUT2D eigenvalue weighted by Crippen LogP contribution is 2.29. The largest absolute Gasteiger partial charge is 0.496 e. The quantitative estimate of drug-likeness (QED) is 0.576. The fourth-order valence-corrected chi connectivity index (χ4v) is 2.56. The highest BCUT2D eigenvalue weighted by Gasteiger charge is 2.38. The van der Waals surface area contributed by atoms with Gasteiger partial charge in [-0.2, -0.15) is 18.2 Å². The van der Waals surface area contributed by atoms with Crippen molar-refractivity contribution in [2.75, 3.05) is 14.2 Å². The Morgan fingerprint density at radius 1 is 1.10 bits per heavy atom. The molecule has 0 atom stereocenters. The van der Waals surface area contributed by atoms with Crippen molar-refractivity contribution in [3.8, 4) is 17.1 Å². The van der Waals surface area contributed by atoms with Crippen LogP contribution in [0, 0.1) is 0 Å². The Bertz CT molecular complexity index is 987. The third-order valence-electron chi connectivity index (χ3n) is 3.99. The van der Waals surface area contributed by atoms with Crippen molar-refractivity contribution in [3.63, 3.8) is 0 Å². The van der Waals surface area contributed by atoms with Crippen LogP contribution in [0.2, 0.25) is 0 Å². The molecular weight excluding hydrogens is 391 g/mol. The lowest BCUT2D eigenvalue weighted by atomic mass is 10.1. The lowest BCUT2D eigenvalue weighted by Crippen LogP contribution is -2.29. The van der Waals surface area contributed by atoms with Crippen LogP contribution in [0.3, 0.4) is 0 Å². The van der Waals surface area contributed by atoms with Crippen LogP contribution in [0.25, 0.3) is 11.4 Å². The van der Waals surface area contributed by atoms with E-state index in [1.165, 1.54) is 26.4 Å². The molecular formula is C19H16F3N3O4. The van der Waals surface area contributed by atoms with Gasteiger partial charge in [-0.15, -0.1) is 0 Å². The SMILES string of the molecule is COc1ccccc1C(=O)N(Cc1ccc(-c2noc(C(F)(F)F)n2)cc1)OC. The molecule has 29 heavy (non-hydrogen) atoms. The molecule has 3 aromatic rings. The molecule has 7 nitrogen and oxygen atoms in total.